The molecule has 2 aromatic rings. The number of hydrogen-bond donors (Lipinski definition) is 2. The molecule has 0 bridgehead atoms. The zero-order valence-corrected chi connectivity index (χ0v) is 13.6. The van der Waals surface area contributed by atoms with Gasteiger partial charge in [-0.3, -0.25) is 0 Å². The van der Waals surface area contributed by atoms with Gasteiger partial charge in [0.25, 0.3) is 0 Å². The summed E-state index contributed by atoms with van der Waals surface area (Å²) in [6.07, 6.45) is 0. The molecule has 0 aliphatic carbocycles. The minimum Gasteiger partial charge on any atom is -0.495 e. The van der Waals surface area contributed by atoms with Crippen molar-refractivity contribution < 1.29 is 9.47 Å². The average molecular weight is 354 g/mol. The number of aromatic nitrogens is 3. The van der Waals surface area contributed by atoms with E-state index in [0.717, 1.165) is 10.2 Å². The van der Waals surface area contributed by atoms with E-state index in [2.05, 4.69) is 41.5 Å². The number of nitrogens with one attached hydrogen (secondary N) is 2. The van der Waals surface area contributed by atoms with Gasteiger partial charge >= 0.3 is 6.01 Å². The third-order valence-corrected chi connectivity index (χ3v) is 3.19. The van der Waals surface area contributed by atoms with Crippen LogP contribution in [0.4, 0.5) is 17.6 Å². The van der Waals surface area contributed by atoms with Crippen molar-refractivity contribution in [1.29, 1.82) is 0 Å². The smallest absolute Gasteiger partial charge is 0.322 e. The fraction of sp³-hybridized carbons (Fsp3) is 0.308. The Labute approximate surface area is 131 Å². The first kappa shape index (κ1) is 15.3. The highest BCUT2D eigenvalue weighted by atomic mass is 79.9. The lowest BCUT2D eigenvalue weighted by Gasteiger charge is -2.10. The van der Waals surface area contributed by atoms with Crippen molar-refractivity contribution in [1.82, 2.24) is 15.0 Å². The second-order valence-corrected chi connectivity index (χ2v) is 4.83. The SMILES string of the molecule is CCNc1nc(Nc2ccc(Br)c(OC)c2)nc(OC)n1. The van der Waals surface area contributed by atoms with Gasteiger partial charge in [0.2, 0.25) is 11.9 Å². The maximum atomic E-state index is 5.25. The third-order valence-electron chi connectivity index (χ3n) is 2.54. The summed E-state index contributed by atoms with van der Waals surface area (Å²) in [5.41, 5.74) is 0.797. The van der Waals surface area contributed by atoms with Crippen LogP contribution < -0.4 is 20.1 Å². The van der Waals surface area contributed by atoms with Crippen molar-refractivity contribution in [2.24, 2.45) is 0 Å². The van der Waals surface area contributed by atoms with E-state index >= 15 is 0 Å². The van der Waals surface area contributed by atoms with E-state index in [0.29, 0.717) is 24.2 Å². The average Bonchev–Trinajstić information content (AvgIpc) is 2.49. The second-order valence-electron chi connectivity index (χ2n) is 3.97. The lowest BCUT2D eigenvalue weighted by molar-refractivity contribution is 0.379. The zero-order chi connectivity index (χ0) is 15.2. The Morgan fingerprint density at radius 1 is 1.10 bits per heavy atom. The van der Waals surface area contributed by atoms with Gasteiger partial charge in [-0.1, -0.05) is 0 Å². The lowest BCUT2D eigenvalue weighted by atomic mass is 10.3. The Balaban J connectivity index is 2.27. The summed E-state index contributed by atoms with van der Waals surface area (Å²) in [5.74, 6) is 1.56. The molecule has 1 heterocycles. The summed E-state index contributed by atoms with van der Waals surface area (Å²) in [7, 11) is 3.12. The monoisotopic (exact) mass is 353 g/mol. The van der Waals surface area contributed by atoms with Crippen LogP contribution in [0.2, 0.25) is 0 Å². The van der Waals surface area contributed by atoms with Crippen LogP contribution in [0, 0.1) is 0 Å². The molecule has 0 aliphatic rings. The highest BCUT2D eigenvalue weighted by Crippen LogP contribution is 2.29. The molecule has 0 saturated heterocycles. The first-order chi connectivity index (χ1) is 10.2. The van der Waals surface area contributed by atoms with Crippen LogP contribution in [0.15, 0.2) is 22.7 Å². The molecule has 0 unspecified atom stereocenters. The molecule has 0 amide bonds. The molecule has 2 rings (SSSR count). The minimum atomic E-state index is 0.243. The van der Waals surface area contributed by atoms with Crippen LogP contribution in [0.3, 0.4) is 0 Å². The topological polar surface area (TPSA) is 81.2 Å². The molecule has 0 fully saturated rings. The lowest BCUT2D eigenvalue weighted by Crippen LogP contribution is -2.07. The van der Waals surface area contributed by atoms with Gasteiger partial charge in [-0.25, -0.2) is 0 Å². The molecule has 0 atom stereocenters. The van der Waals surface area contributed by atoms with Crippen LogP contribution in [-0.2, 0) is 0 Å². The van der Waals surface area contributed by atoms with E-state index in [-0.39, 0.29) is 6.01 Å². The fourth-order valence-electron chi connectivity index (χ4n) is 1.61. The van der Waals surface area contributed by atoms with E-state index < -0.39 is 0 Å². The third kappa shape index (κ3) is 3.94. The summed E-state index contributed by atoms with van der Waals surface area (Å²) in [5, 5.41) is 6.12. The molecular formula is C13H16BrN5O2. The van der Waals surface area contributed by atoms with Crippen LogP contribution >= 0.6 is 15.9 Å². The van der Waals surface area contributed by atoms with Gasteiger partial charge in [-0.15, -0.1) is 0 Å². The van der Waals surface area contributed by atoms with E-state index in [1.165, 1.54) is 7.11 Å². The van der Waals surface area contributed by atoms with Gasteiger partial charge in [0.05, 0.1) is 18.7 Å². The molecule has 8 heteroatoms. The Morgan fingerprint density at radius 2 is 1.86 bits per heavy atom. The minimum absolute atomic E-state index is 0.243. The van der Waals surface area contributed by atoms with Crippen LogP contribution in [0.1, 0.15) is 6.92 Å². The number of halogens is 1. The Hall–Kier alpha value is -2.09. The molecular weight excluding hydrogens is 338 g/mol. The van der Waals surface area contributed by atoms with E-state index in [4.69, 9.17) is 9.47 Å². The molecule has 0 aliphatic heterocycles. The van der Waals surface area contributed by atoms with Gasteiger partial charge in [0, 0.05) is 18.3 Å². The molecule has 2 N–H and O–H groups in total. The van der Waals surface area contributed by atoms with E-state index in [1.54, 1.807) is 7.11 Å². The summed E-state index contributed by atoms with van der Waals surface area (Å²) in [6.45, 7) is 2.67. The number of hydrogen-bond acceptors (Lipinski definition) is 7. The van der Waals surface area contributed by atoms with Crippen molar-refractivity contribution >= 4 is 33.5 Å². The number of benzene rings is 1. The molecule has 112 valence electrons. The van der Waals surface area contributed by atoms with Gasteiger partial charge in [0.1, 0.15) is 5.75 Å². The van der Waals surface area contributed by atoms with Crippen molar-refractivity contribution in [3.8, 4) is 11.8 Å². The second kappa shape index (κ2) is 7.07. The summed E-state index contributed by atoms with van der Waals surface area (Å²) in [6, 6.07) is 5.85. The van der Waals surface area contributed by atoms with Crippen molar-refractivity contribution in [2.75, 3.05) is 31.4 Å². The van der Waals surface area contributed by atoms with E-state index in [9.17, 15) is 0 Å². The predicted molar refractivity (Wildman–Crippen MR) is 84.5 cm³/mol. The summed E-state index contributed by atoms with van der Waals surface area (Å²) >= 11 is 3.41. The van der Waals surface area contributed by atoms with Gasteiger partial charge in [-0.2, -0.15) is 15.0 Å². The van der Waals surface area contributed by atoms with Gasteiger partial charge in [0.15, 0.2) is 0 Å². The van der Waals surface area contributed by atoms with Crippen LogP contribution in [0.5, 0.6) is 11.8 Å². The number of ether oxygens (including phenoxy) is 2. The Bertz CT molecular complexity index is 624. The zero-order valence-electron chi connectivity index (χ0n) is 12.0. The van der Waals surface area contributed by atoms with Crippen molar-refractivity contribution in [3.05, 3.63) is 22.7 Å². The molecule has 1 aromatic carbocycles. The standard InChI is InChI=1S/C13H16BrN5O2/c1-4-15-11-17-12(19-13(18-11)21-3)16-8-5-6-9(14)10(7-8)20-2/h5-7H,4H2,1-3H3,(H2,15,16,17,18,19). The summed E-state index contributed by atoms with van der Waals surface area (Å²) < 4.78 is 11.2. The molecule has 7 nitrogen and oxygen atoms in total. The number of nitrogens with zero attached hydrogens (tertiary/aromatic N) is 3. The number of rotatable bonds is 6. The van der Waals surface area contributed by atoms with Crippen LogP contribution in [0.25, 0.3) is 0 Å². The number of methoxy groups -OCH3 is 2. The molecule has 0 spiro atoms. The number of anilines is 3. The van der Waals surface area contributed by atoms with Crippen molar-refractivity contribution in [2.45, 2.75) is 6.92 Å². The molecule has 1 aromatic heterocycles. The largest absolute Gasteiger partial charge is 0.495 e. The highest BCUT2D eigenvalue weighted by Gasteiger charge is 2.08. The van der Waals surface area contributed by atoms with E-state index in [1.807, 2.05) is 25.1 Å². The normalized spacial score (nSPS) is 10.1. The van der Waals surface area contributed by atoms with Gasteiger partial charge in [-0.05, 0) is 35.0 Å². The summed E-state index contributed by atoms with van der Waals surface area (Å²) in [4.78, 5) is 12.5. The Morgan fingerprint density at radius 3 is 2.52 bits per heavy atom. The quantitative estimate of drug-likeness (QED) is 0.826. The predicted octanol–water partition coefficient (Wildman–Crippen LogP) is 2.83. The fourth-order valence-corrected chi connectivity index (χ4v) is 2.02. The molecule has 21 heavy (non-hydrogen) atoms. The first-order valence-corrected chi connectivity index (χ1v) is 7.10. The van der Waals surface area contributed by atoms with Gasteiger partial charge < -0.3 is 20.1 Å². The maximum absolute atomic E-state index is 5.25. The first-order valence-electron chi connectivity index (χ1n) is 6.30. The maximum Gasteiger partial charge on any atom is 0.322 e. The van der Waals surface area contributed by atoms with Crippen molar-refractivity contribution in [3.63, 3.8) is 0 Å². The highest BCUT2D eigenvalue weighted by molar-refractivity contribution is 9.10. The Kier molecular flexibility index (Phi) is 5.15. The molecule has 0 radical (unpaired) electrons. The molecule has 0 saturated carbocycles. The van der Waals surface area contributed by atoms with Crippen LogP contribution in [-0.4, -0.2) is 35.7 Å².